The highest BCUT2D eigenvalue weighted by Crippen LogP contribution is 2.28. The van der Waals surface area contributed by atoms with Gasteiger partial charge in [0.15, 0.2) is 0 Å². The van der Waals surface area contributed by atoms with E-state index in [1.807, 2.05) is 0 Å². The highest BCUT2D eigenvalue weighted by Gasteiger charge is 2.16. The Bertz CT molecular complexity index is 158. The minimum atomic E-state index is 0.738. The van der Waals surface area contributed by atoms with Crippen LogP contribution in [0.3, 0.4) is 0 Å². The Labute approximate surface area is 69.4 Å². The molecule has 0 amide bonds. The standard InChI is InChI=1S/C10H18O/c1-4-5-8(2)10-6-7-11-9(10)3/h8H,4-7H2,1-3H3/t8-/m1/s1. The second-order valence-corrected chi connectivity index (χ2v) is 3.37. The molecule has 0 bridgehead atoms. The summed E-state index contributed by atoms with van der Waals surface area (Å²) in [6, 6.07) is 0. The maximum Gasteiger partial charge on any atom is 0.0924 e. The highest BCUT2D eigenvalue weighted by atomic mass is 16.5. The van der Waals surface area contributed by atoms with Gasteiger partial charge in [-0.2, -0.15) is 0 Å². The van der Waals surface area contributed by atoms with Gasteiger partial charge in [-0.25, -0.2) is 0 Å². The zero-order valence-electron chi connectivity index (χ0n) is 7.81. The van der Waals surface area contributed by atoms with Crippen LogP contribution < -0.4 is 0 Å². The molecule has 1 aliphatic rings. The van der Waals surface area contributed by atoms with E-state index in [0.717, 1.165) is 18.9 Å². The molecule has 1 nitrogen and oxygen atoms in total. The molecular weight excluding hydrogens is 136 g/mol. The van der Waals surface area contributed by atoms with Crippen LogP contribution in [0.25, 0.3) is 0 Å². The fourth-order valence-electron chi connectivity index (χ4n) is 1.78. The van der Waals surface area contributed by atoms with Crippen LogP contribution in [-0.2, 0) is 4.74 Å². The monoisotopic (exact) mass is 154 g/mol. The van der Waals surface area contributed by atoms with Crippen molar-refractivity contribution >= 4 is 0 Å². The predicted octanol–water partition coefficient (Wildman–Crippen LogP) is 3.12. The van der Waals surface area contributed by atoms with E-state index < -0.39 is 0 Å². The summed E-state index contributed by atoms with van der Waals surface area (Å²) < 4.78 is 5.41. The molecule has 0 saturated heterocycles. The molecule has 0 aliphatic carbocycles. The first kappa shape index (κ1) is 8.63. The minimum Gasteiger partial charge on any atom is -0.498 e. The van der Waals surface area contributed by atoms with E-state index in [4.69, 9.17) is 4.74 Å². The van der Waals surface area contributed by atoms with Crippen LogP contribution in [0.5, 0.6) is 0 Å². The Morgan fingerprint density at radius 2 is 2.27 bits per heavy atom. The maximum atomic E-state index is 5.41. The number of hydrogen-bond acceptors (Lipinski definition) is 1. The predicted molar refractivity (Wildman–Crippen MR) is 47.3 cm³/mol. The van der Waals surface area contributed by atoms with Crippen molar-refractivity contribution in [3.8, 4) is 0 Å². The molecule has 1 aliphatic heterocycles. The summed E-state index contributed by atoms with van der Waals surface area (Å²) in [4.78, 5) is 0. The van der Waals surface area contributed by atoms with Crippen LogP contribution in [0.2, 0.25) is 0 Å². The zero-order valence-corrected chi connectivity index (χ0v) is 7.81. The Morgan fingerprint density at radius 3 is 2.73 bits per heavy atom. The van der Waals surface area contributed by atoms with Crippen LogP contribution >= 0.6 is 0 Å². The van der Waals surface area contributed by atoms with Gasteiger partial charge in [0.05, 0.1) is 12.4 Å². The van der Waals surface area contributed by atoms with Gasteiger partial charge in [0.1, 0.15) is 0 Å². The third-order valence-corrected chi connectivity index (χ3v) is 2.46. The molecule has 0 spiro atoms. The quantitative estimate of drug-likeness (QED) is 0.607. The first-order valence-electron chi connectivity index (χ1n) is 4.58. The van der Waals surface area contributed by atoms with Gasteiger partial charge in [0, 0.05) is 6.42 Å². The van der Waals surface area contributed by atoms with Crippen LogP contribution in [0.1, 0.15) is 40.0 Å². The minimum absolute atomic E-state index is 0.738. The zero-order chi connectivity index (χ0) is 8.27. The molecule has 0 unspecified atom stereocenters. The summed E-state index contributed by atoms with van der Waals surface area (Å²) in [6.45, 7) is 7.54. The molecule has 1 rings (SSSR count). The third kappa shape index (κ3) is 1.98. The van der Waals surface area contributed by atoms with Gasteiger partial charge in [0.25, 0.3) is 0 Å². The Balaban J connectivity index is 2.51. The molecule has 1 atom stereocenters. The molecular formula is C10H18O. The number of rotatable bonds is 3. The van der Waals surface area contributed by atoms with Gasteiger partial charge >= 0.3 is 0 Å². The summed E-state index contributed by atoms with van der Waals surface area (Å²) in [5, 5.41) is 0. The van der Waals surface area contributed by atoms with E-state index in [-0.39, 0.29) is 0 Å². The number of hydrogen-bond donors (Lipinski definition) is 0. The van der Waals surface area contributed by atoms with Crippen molar-refractivity contribution in [3.05, 3.63) is 11.3 Å². The molecule has 0 aromatic carbocycles. The topological polar surface area (TPSA) is 9.23 Å². The maximum absolute atomic E-state index is 5.41. The lowest BCUT2D eigenvalue weighted by Gasteiger charge is -2.10. The molecule has 0 N–H and O–H groups in total. The van der Waals surface area contributed by atoms with Crippen molar-refractivity contribution in [3.63, 3.8) is 0 Å². The van der Waals surface area contributed by atoms with Crippen LogP contribution in [0.4, 0.5) is 0 Å². The molecule has 11 heavy (non-hydrogen) atoms. The van der Waals surface area contributed by atoms with Crippen molar-refractivity contribution in [2.75, 3.05) is 6.61 Å². The smallest absolute Gasteiger partial charge is 0.0924 e. The Kier molecular flexibility index (Phi) is 2.98. The van der Waals surface area contributed by atoms with Crippen molar-refractivity contribution in [1.29, 1.82) is 0 Å². The van der Waals surface area contributed by atoms with Crippen molar-refractivity contribution < 1.29 is 4.74 Å². The van der Waals surface area contributed by atoms with Gasteiger partial charge in [-0.05, 0) is 24.8 Å². The average Bonchev–Trinajstić information content (AvgIpc) is 2.36. The molecule has 0 aromatic rings. The number of ether oxygens (including phenoxy) is 1. The largest absolute Gasteiger partial charge is 0.498 e. The molecule has 0 aromatic heterocycles. The van der Waals surface area contributed by atoms with Gasteiger partial charge in [-0.3, -0.25) is 0 Å². The van der Waals surface area contributed by atoms with E-state index in [0.29, 0.717) is 0 Å². The average molecular weight is 154 g/mol. The summed E-state index contributed by atoms with van der Waals surface area (Å²) >= 11 is 0. The molecule has 64 valence electrons. The van der Waals surface area contributed by atoms with Crippen molar-refractivity contribution in [2.45, 2.75) is 40.0 Å². The van der Waals surface area contributed by atoms with Gasteiger partial charge in [-0.1, -0.05) is 20.3 Å². The van der Waals surface area contributed by atoms with Gasteiger partial charge in [-0.15, -0.1) is 0 Å². The fraction of sp³-hybridized carbons (Fsp3) is 0.800. The lowest BCUT2D eigenvalue weighted by atomic mass is 9.94. The molecule has 0 radical (unpaired) electrons. The molecule has 1 heteroatoms. The first-order valence-corrected chi connectivity index (χ1v) is 4.58. The summed E-state index contributed by atoms with van der Waals surface area (Å²) in [7, 11) is 0. The Morgan fingerprint density at radius 1 is 1.55 bits per heavy atom. The van der Waals surface area contributed by atoms with Crippen LogP contribution in [0.15, 0.2) is 11.3 Å². The molecule has 1 heterocycles. The lowest BCUT2D eigenvalue weighted by molar-refractivity contribution is 0.246. The summed E-state index contributed by atoms with van der Waals surface area (Å²) in [5.74, 6) is 1.92. The van der Waals surface area contributed by atoms with Crippen LogP contribution in [-0.4, -0.2) is 6.61 Å². The van der Waals surface area contributed by atoms with E-state index in [9.17, 15) is 0 Å². The second-order valence-electron chi connectivity index (χ2n) is 3.37. The summed E-state index contributed by atoms with van der Waals surface area (Å²) in [5.41, 5.74) is 1.55. The highest BCUT2D eigenvalue weighted by molar-refractivity contribution is 5.13. The fourth-order valence-corrected chi connectivity index (χ4v) is 1.78. The lowest BCUT2D eigenvalue weighted by Crippen LogP contribution is -1.98. The third-order valence-electron chi connectivity index (χ3n) is 2.46. The van der Waals surface area contributed by atoms with Gasteiger partial charge < -0.3 is 4.74 Å². The molecule has 0 fully saturated rings. The Hall–Kier alpha value is -0.460. The normalized spacial score (nSPS) is 20.3. The van der Waals surface area contributed by atoms with Crippen molar-refractivity contribution in [2.24, 2.45) is 5.92 Å². The molecule has 0 saturated carbocycles. The SMILES string of the molecule is CCC[C@@H](C)C1=C(C)OCC1. The van der Waals surface area contributed by atoms with E-state index >= 15 is 0 Å². The van der Waals surface area contributed by atoms with Gasteiger partial charge in [0.2, 0.25) is 0 Å². The van der Waals surface area contributed by atoms with E-state index in [2.05, 4.69) is 20.8 Å². The first-order chi connectivity index (χ1) is 5.25. The van der Waals surface area contributed by atoms with Crippen LogP contribution in [0, 0.1) is 5.92 Å². The number of allylic oxidation sites excluding steroid dienone is 1. The van der Waals surface area contributed by atoms with Crippen molar-refractivity contribution in [1.82, 2.24) is 0 Å². The second kappa shape index (κ2) is 3.80. The summed E-state index contributed by atoms with van der Waals surface area (Å²) in [6.07, 6.45) is 3.74. The van der Waals surface area contributed by atoms with E-state index in [1.165, 1.54) is 18.6 Å². The van der Waals surface area contributed by atoms with E-state index in [1.54, 1.807) is 5.57 Å².